The number of piperidine rings is 1. The molecule has 0 atom stereocenters. The summed E-state index contributed by atoms with van der Waals surface area (Å²) in [7, 11) is 2.14. The van der Waals surface area contributed by atoms with E-state index >= 15 is 0 Å². The summed E-state index contributed by atoms with van der Waals surface area (Å²) in [6, 6.07) is 13.5. The number of nitrogens with zero attached hydrogens (tertiary/aromatic N) is 2. The molecule has 0 radical (unpaired) electrons. The van der Waals surface area contributed by atoms with Gasteiger partial charge in [-0.3, -0.25) is 9.59 Å². The maximum Gasteiger partial charge on any atom is 0.253 e. The normalized spacial score (nSPS) is 16.9. The molecule has 1 spiro atoms. The van der Waals surface area contributed by atoms with Crippen LogP contribution in [0.3, 0.4) is 0 Å². The van der Waals surface area contributed by atoms with Gasteiger partial charge in [0, 0.05) is 62.3 Å². The van der Waals surface area contributed by atoms with Crippen molar-refractivity contribution in [2.24, 2.45) is 0 Å². The van der Waals surface area contributed by atoms with Gasteiger partial charge in [0.15, 0.2) is 0 Å². The first kappa shape index (κ1) is 24.0. The standard InChI is InChI=1S/C28H35N3O3/c1-5-29-26(32)22-12-13-25-23(18-22)24(19-28(34-25)14-16-30(4)17-15-28)20-8-10-21(11-9-20)27(33)31(6-2)7-3/h8-13,18-19H,5-7,14-17H2,1-4H3,(H,29,32). The van der Waals surface area contributed by atoms with Crippen LogP contribution in [0, 0.1) is 0 Å². The van der Waals surface area contributed by atoms with Crippen molar-refractivity contribution >= 4 is 17.4 Å². The fourth-order valence-corrected chi connectivity index (χ4v) is 4.79. The number of likely N-dealkylation sites (tertiary alicyclic amines) is 1. The molecule has 2 amide bonds. The van der Waals surface area contributed by atoms with E-state index in [1.165, 1.54) is 0 Å². The van der Waals surface area contributed by atoms with E-state index in [1.807, 2.05) is 68.1 Å². The topological polar surface area (TPSA) is 61.9 Å². The van der Waals surface area contributed by atoms with Crippen LogP contribution in [0.4, 0.5) is 0 Å². The molecule has 34 heavy (non-hydrogen) atoms. The summed E-state index contributed by atoms with van der Waals surface area (Å²) >= 11 is 0. The summed E-state index contributed by atoms with van der Waals surface area (Å²) in [5.74, 6) is 0.756. The number of hydrogen-bond donors (Lipinski definition) is 1. The highest BCUT2D eigenvalue weighted by Gasteiger charge is 2.38. The summed E-state index contributed by atoms with van der Waals surface area (Å²) in [6.45, 7) is 9.78. The lowest BCUT2D eigenvalue weighted by Gasteiger charge is -2.42. The zero-order valence-corrected chi connectivity index (χ0v) is 20.7. The first-order chi connectivity index (χ1) is 16.4. The Morgan fingerprint density at radius 2 is 1.65 bits per heavy atom. The van der Waals surface area contributed by atoms with Crippen LogP contribution in [0.2, 0.25) is 0 Å². The second kappa shape index (κ2) is 10.0. The van der Waals surface area contributed by atoms with Gasteiger partial charge in [-0.2, -0.15) is 0 Å². The lowest BCUT2D eigenvalue weighted by atomic mass is 9.82. The van der Waals surface area contributed by atoms with E-state index in [4.69, 9.17) is 4.74 Å². The lowest BCUT2D eigenvalue weighted by Crippen LogP contribution is -2.46. The smallest absolute Gasteiger partial charge is 0.253 e. The summed E-state index contributed by atoms with van der Waals surface area (Å²) in [5, 5.41) is 2.88. The van der Waals surface area contributed by atoms with Gasteiger partial charge in [0.2, 0.25) is 0 Å². The number of rotatable bonds is 6. The Balaban J connectivity index is 1.75. The molecule has 2 aromatic rings. The summed E-state index contributed by atoms with van der Waals surface area (Å²) < 4.78 is 6.58. The molecule has 4 rings (SSSR count). The number of hydrogen-bond acceptors (Lipinski definition) is 4. The molecule has 2 aliphatic rings. The van der Waals surface area contributed by atoms with Gasteiger partial charge in [0.25, 0.3) is 11.8 Å². The Hall–Kier alpha value is -3.12. The molecule has 6 nitrogen and oxygen atoms in total. The first-order valence-electron chi connectivity index (χ1n) is 12.3. The molecule has 0 unspecified atom stereocenters. The zero-order valence-electron chi connectivity index (χ0n) is 20.7. The number of benzene rings is 2. The van der Waals surface area contributed by atoms with Gasteiger partial charge in [-0.25, -0.2) is 0 Å². The number of ether oxygens (including phenoxy) is 1. The number of fused-ring (bicyclic) bond motifs is 1. The second-order valence-electron chi connectivity index (χ2n) is 9.15. The summed E-state index contributed by atoms with van der Waals surface area (Å²) in [5.41, 5.74) is 3.92. The first-order valence-corrected chi connectivity index (χ1v) is 12.3. The zero-order chi connectivity index (χ0) is 24.3. The molecule has 2 heterocycles. The van der Waals surface area contributed by atoms with E-state index in [1.54, 1.807) is 0 Å². The molecular weight excluding hydrogens is 426 g/mol. The molecule has 1 saturated heterocycles. The molecule has 0 aliphatic carbocycles. The molecule has 2 aliphatic heterocycles. The van der Waals surface area contributed by atoms with E-state index in [0.717, 1.165) is 48.4 Å². The average Bonchev–Trinajstić information content (AvgIpc) is 2.86. The van der Waals surface area contributed by atoms with Crippen molar-refractivity contribution in [3.05, 3.63) is 70.8 Å². The van der Waals surface area contributed by atoms with Gasteiger partial charge in [-0.1, -0.05) is 12.1 Å². The van der Waals surface area contributed by atoms with Gasteiger partial charge in [-0.05, 0) is 75.4 Å². The molecule has 180 valence electrons. The molecule has 2 aromatic carbocycles. The number of nitrogens with one attached hydrogen (secondary N) is 1. The molecule has 0 aromatic heterocycles. The minimum atomic E-state index is -0.363. The van der Waals surface area contributed by atoms with E-state index < -0.39 is 0 Å². The van der Waals surface area contributed by atoms with E-state index in [9.17, 15) is 9.59 Å². The maximum absolute atomic E-state index is 12.8. The van der Waals surface area contributed by atoms with Crippen LogP contribution in [0.1, 0.15) is 65.5 Å². The highest BCUT2D eigenvalue weighted by molar-refractivity contribution is 5.97. The number of carbonyl (C=O) groups is 2. The van der Waals surface area contributed by atoms with Crippen molar-refractivity contribution in [3.8, 4) is 5.75 Å². The van der Waals surface area contributed by atoms with Gasteiger partial charge >= 0.3 is 0 Å². The van der Waals surface area contributed by atoms with Crippen molar-refractivity contribution in [2.45, 2.75) is 39.2 Å². The third-order valence-electron chi connectivity index (χ3n) is 6.92. The number of carbonyl (C=O) groups excluding carboxylic acids is 2. The average molecular weight is 462 g/mol. The van der Waals surface area contributed by atoms with Crippen LogP contribution in [-0.2, 0) is 0 Å². The highest BCUT2D eigenvalue weighted by atomic mass is 16.5. The van der Waals surface area contributed by atoms with Crippen molar-refractivity contribution in [1.82, 2.24) is 15.1 Å². The van der Waals surface area contributed by atoms with Crippen molar-refractivity contribution in [3.63, 3.8) is 0 Å². The second-order valence-corrected chi connectivity index (χ2v) is 9.15. The largest absolute Gasteiger partial charge is 0.482 e. The Morgan fingerprint density at radius 1 is 1.00 bits per heavy atom. The lowest BCUT2D eigenvalue weighted by molar-refractivity contribution is 0.0468. The van der Waals surface area contributed by atoms with Gasteiger partial charge in [0.05, 0.1) is 0 Å². The van der Waals surface area contributed by atoms with E-state index in [2.05, 4.69) is 23.3 Å². The van der Waals surface area contributed by atoms with Crippen LogP contribution < -0.4 is 10.1 Å². The third kappa shape index (κ3) is 4.73. The fourth-order valence-electron chi connectivity index (χ4n) is 4.79. The highest BCUT2D eigenvalue weighted by Crippen LogP contribution is 2.43. The van der Waals surface area contributed by atoms with Crippen molar-refractivity contribution in [1.29, 1.82) is 0 Å². The Bertz CT molecular complexity index is 1080. The van der Waals surface area contributed by atoms with Crippen LogP contribution >= 0.6 is 0 Å². The van der Waals surface area contributed by atoms with E-state index in [0.29, 0.717) is 30.8 Å². The van der Waals surface area contributed by atoms with Gasteiger partial charge < -0.3 is 19.9 Å². The summed E-state index contributed by atoms with van der Waals surface area (Å²) in [4.78, 5) is 29.5. The predicted octanol–water partition coefficient (Wildman–Crippen LogP) is 4.21. The predicted molar refractivity (Wildman–Crippen MR) is 135 cm³/mol. The monoisotopic (exact) mass is 461 g/mol. The molecule has 1 N–H and O–H groups in total. The Kier molecular flexibility index (Phi) is 7.08. The third-order valence-corrected chi connectivity index (χ3v) is 6.92. The molecule has 1 fully saturated rings. The van der Waals surface area contributed by atoms with Gasteiger partial charge in [-0.15, -0.1) is 0 Å². The Labute approximate surface area is 202 Å². The number of amides is 2. The SMILES string of the molecule is CCNC(=O)c1ccc2c(c1)C(c1ccc(C(=O)N(CC)CC)cc1)=CC1(CCN(C)CC1)O2. The van der Waals surface area contributed by atoms with Crippen LogP contribution in [-0.4, -0.2) is 67.0 Å². The van der Waals surface area contributed by atoms with Crippen molar-refractivity contribution in [2.75, 3.05) is 39.8 Å². The molecular formula is C28H35N3O3. The molecule has 6 heteroatoms. The summed E-state index contributed by atoms with van der Waals surface area (Å²) in [6.07, 6.45) is 4.05. The van der Waals surface area contributed by atoms with Crippen LogP contribution in [0.25, 0.3) is 5.57 Å². The molecule has 0 saturated carbocycles. The van der Waals surface area contributed by atoms with Gasteiger partial charge in [0.1, 0.15) is 11.4 Å². The minimum absolute atomic E-state index is 0.0446. The maximum atomic E-state index is 12.8. The van der Waals surface area contributed by atoms with E-state index in [-0.39, 0.29) is 17.4 Å². The minimum Gasteiger partial charge on any atom is -0.482 e. The Morgan fingerprint density at radius 3 is 2.26 bits per heavy atom. The van der Waals surface area contributed by atoms with Crippen LogP contribution in [0.15, 0.2) is 48.5 Å². The van der Waals surface area contributed by atoms with Crippen molar-refractivity contribution < 1.29 is 14.3 Å². The molecule has 0 bridgehead atoms. The van der Waals surface area contributed by atoms with Crippen LogP contribution in [0.5, 0.6) is 5.75 Å². The fraction of sp³-hybridized carbons (Fsp3) is 0.429. The quantitative estimate of drug-likeness (QED) is 0.700.